The third-order valence-corrected chi connectivity index (χ3v) is 11.4. The van der Waals surface area contributed by atoms with E-state index in [2.05, 4.69) is 192 Å². The molecule has 4 atom stereocenters. The van der Waals surface area contributed by atoms with Crippen molar-refractivity contribution in [2.75, 3.05) is 0 Å². The minimum absolute atomic E-state index is 0.0574. The van der Waals surface area contributed by atoms with Gasteiger partial charge in [0, 0.05) is 23.3 Å². The average Bonchev–Trinajstić information content (AvgIpc) is 3.86. The molecule has 0 amide bonds. The predicted octanol–water partition coefficient (Wildman–Crippen LogP) is 12.5. The summed E-state index contributed by atoms with van der Waals surface area (Å²) in [5.74, 6) is 0. The molecule has 54 heavy (non-hydrogen) atoms. The van der Waals surface area contributed by atoms with E-state index < -0.39 is 0 Å². The van der Waals surface area contributed by atoms with Gasteiger partial charge in [0.2, 0.25) is 0 Å². The lowest BCUT2D eigenvalue weighted by Gasteiger charge is -2.16. The fraction of sp³-hybridized carbons (Fsp3) is 0.0588. The van der Waals surface area contributed by atoms with Crippen LogP contribution in [0.2, 0.25) is 0 Å². The van der Waals surface area contributed by atoms with Crippen LogP contribution < -0.4 is 0 Å². The van der Waals surface area contributed by atoms with Crippen LogP contribution in [0, 0.1) is 0 Å². The molecule has 4 unspecified atom stereocenters. The molecular weight excluding hydrogens is 655 g/mol. The van der Waals surface area contributed by atoms with E-state index in [0.29, 0.717) is 0 Å². The predicted molar refractivity (Wildman–Crippen MR) is 224 cm³/mol. The zero-order valence-electron chi connectivity index (χ0n) is 29.5. The van der Waals surface area contributed by atoms with Crippen molar-refractivity contribution in [2.45, 2.75) is 18.2 Å². The van der Waals surface area contributed by atoms with Crippen molar-refractivity contribution in [2.24, 2.45) is 4.99 Å². The normalized spacial score (nSPS) is 18.9. The van der Waals surface area contributed by atoms with Crippen LogP contribution in [0.15, 0.2) is 199 Å². The molecule has 0 N–H and O–H groups in total. The van der Waals surface area contributed by atoms with Crippen molar-refractivity contribution in [3.63, 3.8) is 0 Å². The fourth-order valence-corrected chi connectivity index (χ4v) is 8.64. The SMILES string of the molecule is c1cc(-c2cccc(C3C4C(c5ccc6ccccc6c5)=NC(c5ccc(-c6ccc7ccccc7c6)cc5)N43)c2)cc(-c2cncc3ccccc23)c1. The minimum atomic E-state index is -0.0574. The second-order valence-corrected chi connectivity index (χ2v) is 14.6. The third-order valence-electron chi connectivity index (χ3n) is 11.4. The summed E-state index contributed by atoms with van der Waals surface area (Å²) in [6.45, 7) is 0. The molecule has 0 radical (unpaired) electrons. The quantitative estimate of drug-likeness (QED) is 0.163. The highest BCUT2D eigenvalue weighted by Gasteiger charge is 2.59. The van der Waals surface area contributed by atoms with Gasteiger partial charge in [-0.1, -0.05) is 158 Å². The first-order valence-electron chi connectivity index (χ1n) is 18.7. The Bertz CT molecular complexity index is 2920. The van der Waals surface area contributed by atoms with E-state index >= 15 is 0 Å². The molecule has 0 bridgehead atoms. The number of hydrogen-bond acceptors (Lipinski definition) is 3. The standard InChI is InChI=1S/C51H35N3/c1-3-11-37-27-41(25-21-33(37)9-1)35-19-23-36(24-20-35)51-53-48(43-26-22-34-10-2-4-12-38(34)29-43)50-49(54(50)51)44-17-8-15-40(30-44)39-14-7-16-42(28-39)47-32-52-31-45-13-5-6-18-46(45)47/h1-32,49-51H. The summed E-state index contributed by atoms with van der Waals surface area (Å²) in [5, 5.41) is 7.38. The second kappa shape index (κ2) is 12.5. The highest BCUT2D eigenvalue weighted by atomic mass is 15.5. The molecule has 1 aromatic heterocycles. The molecule has 3 heteroatoms. The van der Waals surface area contributed by atoms with Crippen LogP contribution in [-0.2, 0) is 0 Å². The van der Waals surface area contributed by atoms with Crippen LogP contribution in [0.1, 0.15) is 28.9 Å². The van der Waals surface area contributed by atoms with E-state index in [1.807, 2.05) is 12.4 Å². The van der Waals surface area contributed by atoms with Crippen molar-refractivity contribution in [1.29, 1.82) is 0 Å². The largest absolute Gasteiger partial charge is 0.263 e. The Kier molecular flexibility index (Phi) is 7.14. The monoisotopic (exact) mass is 689 g/mol. The van der Waals surface area contributed by atoms with E-state index in [1.165, 1.54) is 77.2 Å². The average molecular weight is 690 g/mol. The molecule has 0 aliphatic carbocycles. The Hall–Kier alpha value is -6.68. The molecule has 3 heterocycles. The Morgan fingerprint density at radius 2 is 0.963 bits per heavy atom. The highest BCUT2D eigenvalue weighted by Crippen LogP contribution is 2.56. The van der Waals surface area contributed by atoms with Gasteiger partial charge in [0.15, 0.2) is 0 Å². The Labute approximate surface area is 314 Å². The van der Waals surface area contributed by atoms with Crippen LogP contribution >= 0.6 is 0 Å². The minimum Gasteiger partial charge on any atom is -0.263 e. The number of benzene rings is 8. The van der Waals surface area contributed by atoms with Gasteiger partial charge in [0.25, 0.3) is 0 Å². The topological polar surface area (TPSA) is 28.3 Å². The molecule has 2 aliphatic heterocycles. The number of rotatable bonds is 6. The summed E-state index contributed by atoms with van der Waals surface area (Å²) in [6, 6.07) is 66.7. The van der Waals surface area contributed by atoms with Crippen LogP contribution in [0.3, 0.4) is 0 Å². The molecule has 8 aromatic carbocycles. The maximum atomic E-state index is 5.47. The number of aliphatic imine (C=N–C) groups is 1. The maximum Gasteiger partial charge on any atom is 0.129 e. The van der Waals surface area contributed by atoms with Gasteiger partial charge in [-0.3, -0.25) is 14.9 Å². The maximum absolute atomic E-state index is 5.47. The van der Waals surface area contributed by atoms with Gasteiger partial charge in [-0.25, -0.2) is 0 Å². The Balaban J connectivity index is 0.954. The van der Waals surface area contributed by atoms with E-state index in [0.717, 1.165) is 10.9 Å². The molecule has 1 saturated heterocycles. The molecule has 0 spiro atoms. The second-order valence-electron chi connectivity index (χ2n) is 14.6. The first kappa shape index (κ1) is 30.9. The van der Waals surface area contributed by atoms with Crippen molar-refractivity contribution < 1.29 is 0 Å². The molecule has 254 valence electrons. The van der Waals surface area contributed by atoms with E-state index in [1.54, 1.807) is 0 Å². The molecule has 11 rings (SSSR count). The Morgan fingerprint density at radius 1 is 0.370 bits per heavy atom. The molecule has 9 aromatic rings. The summed E-state index contributed by atoms with van der Waals surface area (Å²) in [5.41, 5.74) is 12.1. The summed E-state index contributed by atoms with van der Waals surface area (Å²) in [4.78, 5) is 12.6. The summed E-state index contributed by atoms with van der Waals surface area (Å²) in [6.07, 6.45) is 3.87. The molecular formula is C51H35N3. The summed E-state index contributed by atoms with van der Waals surface area (Å²) < 4.78 is 0. The zero-order chi connectivity index (χ0) is 35.6. The molecule has 2 aliphatic rings. The van der Waals surface area contributed by atoms with E-state index in [4.69, 9.17) is 4.99 Å². The summed E-state index contributed by atoms with van der Waals surface area (Å²) in [7, 11) is 0. The number of nitrogens with zero attached hydrogens (tertiary/aromatic N) is 3. The van der Waals surface area contributed by atoms with Gasteiger partial charge in [-0.05, 0) is 95.7 Å². The van der Waals surface area contributed by atoms with Gasteiger partial charge in [0.1, 0.15) is 6.17 Å². The van der Waals surface area contributed by atoms with Gasteiger partial charge >= 0.3 is 0 Å². The fourth-order valence-electron chi connectivity index (χ4n) is 8.64. The number of hydrogen-bond donors (Lipinski definition) is 0. The zero-order valence-corrected chi connectivity index (χ0v) is 29.5. The Morgan fingerprint density at radius 3 is 1.74 bits per heavy atom. The lowest BCUT2D eigenvalue weighted by molar-refractivity contribution is 0.404. The first-order chi connectivity index (χ1) is 26.7. The molecule has 0 saturated carbocycles. The lowest BCUT2D eigenvalue weighted by atomic mass is 9.94. The third kappa shape index (κ3) is 5.24. The van der Waals surface area contributed by atoms with Crippen LogP contribution in [-0.4, -0.2) is 21.6 Å². The molecule has 1 fully saturated rings. The van der Waals surface area contributed by atoms with Crippen molar-refractivity contribution in [3.05, 3.63) is 211 Å². The number of pyridine rings is 1. The highest BCUT2D eigenvalue weighted by molar-refractivity contribution is 6.10. The smallest absolute Gasteiger partial charge is 0.129 e. The van der Waals surface area contributed by atoms with Gasteiger partial charge in [-0.2, -0.15) is 0 Å². The van der Waals surface area contributed by atoms with Crippen molar-refractivity contribution in [3.8, 4) is 33.4 Å². The number of fused-ring (bicyclic) bond motifs is 4. The lowest BCUT2D eigenvalue weighted by Crippen LogP contribution is -2.08. The van der Waals surface area contributed by atoms with Crippen LogP contribution in [0.25, 0.3) is 65.7 Å². The van der Waals surface area contributed by atoms with E-state index in [9.17, 15) is 0 Å². The van der Waals surface area contributed by atoms with E-state index in [-0.39, 0.29) is 18.2 Å². The number of aromatic nitrogens is 1. The van der Waals surface area contributed by atoms with Gasteiger partial charge in [-0.15, -0.1) is 0 Å². The summed E-state index contributed by atoms with van der Waals surface area (Å²) >= 11 is 0. The van der Waals surface area contributed by atoms with Crippen molar-refractivity contribution >= 4 is 38.0 Å². The molecule has 3 nitrogen and oxygen atoms in total. The first-order valence-corrected chi connectivity index (χ1v) is 18.7. The van der Waals surface area contributed by atoms with Gasteiger partial charge < -0.3 is 0 Å². The van der Waals surface area contributed by atoms with Crippen LogP contribution in [0.5, 0.6) is 0 Å². The van der Waals surface area contributed by atoms with Gasteiger partial charge in [0.05, 0.1) is 17.8 Å². The van der Waals surface area contributed by atoms with Crippen LogP contribution in [0.4, 0.5) is 0 Å². The van der Waals surface area contributed by atoms with Crippen molar-refractivity contribution in [1.82, 2.24) is 9.88 Å².